The Balaban J connectivity index is 2.07. The number of para-hydroxylation sites is 1. The van der Waals surface area contributed by atoms with Gasteiger partial charge in [-0.1, -0.05) is 31.1 Å². The molecule has 0 fully saturated rings. The molecule has 5 heteroatoms. The average Bonchev–Trinajstić information content (AvgIpc) is 2.81. The Kier molecular flexibility index (Phi) is 4.63. The highest BCUT2D eigenvalue weighted by molar-refractivity contribution is 5.86. The number of fused-ring (bicyclic) bond motifs is 1. The van der Waals surface area contributed by atoms with Crippen LogP contribution in [0.3, 0.4) is 0 Å². The molecule has 0 spiro atoms. The summed E-state index contributed by atoms with van der Waals surface area (Å²) in [5.74, 6) is 0.384. The molecule has 0 bridgehead atoms. The maximum absolute atomic E-state index is 12.3. The van der Waals surface area contributed by atoms with E-state index in [9.17, 15) is 4.79 Å². The van der Waals surface area contributed by atoms with Crippen molar-refractivity contribution >= 4 is 16.9 Å². The van der Waals surface area contributed by atoms with E-state index in [1.165, 1.54) is 0 Å². The Morgan fingerprint density at radius 3 is 2.81 bits per heavy atom. The lowest BCUT2D eigenvalue weighted by Gasteiger charge is -2.31. The third-order valence-electron chi connectivity index (χ3n) is 3.53. The number of carbonyl (C=O) groups excluding carboxylic acids is 1. The molecule has 1 unspecified atom stereocenters. The van der Waals surface area contributed by atoms with Gasteiger partial charge in [0.2, 0.25) is 5.91 Å². The number of carbonyl (C=O) groups is 1. The van der Waals surface area contributed by atoms with Gasteiger partial charge in [0.15, 0.2) is 5.58 Å². The zero-order valence-electron chi connectivity index (χ0n) is 12.8. The minimum absolute atomic E-state index is 0.0809. The fourth-order valence-electron chi connectivity index (χ4n) is 2.68. The highest BCUT2D eigenvalue weighted by atomic mass is 16.5. The van der Waals surface area contributed by atoms with E-state index >= 15 is 0 Å². The molecule has 1 aromatic carbocycles. The molecule has 1 amide bonds. The van der Waals surface area contributed by atoms with Crippen LogP contribution in [-0.4, -0.2) is 23.1 Å². The van der Waals surface area contributed by atoms with Crippen LogP contribution in [-0.2, 0) is 11.2 Å². The van der Waals surface area contributed by atoms with Gasteiger partial charge in [0, 0.05) is 17.5 Å². The van der Waals surface area contributed by atoms with Crippen LogP contribution < -0.4 is 11.1 Å². The second kappa shape index (κ2) is 6.26. The Morgan fingerprint density at radius 1 is 1.43 bits per heavy atom. The first-order valence-corrected chi connectivity index (χ1v) is 7.28. The molecule has 21 heavy (non-hydrogen) atoms. The molecule has 1 heterocycles. The third-order valence-corrected chi connectivity index (χ3v) is 3.53. The minimum atomic E-state index is -0.384. The minimum Gasteiger partial charge on any atom is -0.356 e. The number of nitrogens with zero attached hydrogens (tertiary/aromatic N) is 1. The zero-order valence-corrected chi connectivity index (χ0v) is 12.8. The molecule has 0 aliphatic carbocycles. The number of nitrogens with two attached hydrogens (primary N) is 1. The van der Waals surface area contributed by atoms with Crippen molar-refractivity contribution in [2.45, 2.75) is 39.2 Å². The number of rotatable bonds is 6. The second-order valence-corrected chi connectivity index (χ2v) is 6.21. The largest absolute Gasteiger partial charge is 0.356 e. The van der Waals surface area contributed by atoms with Crippen molar-refractivity contribution in [1.82, 2.24) is 10.5 Å². The number of hydrogen-bond donors (Lipinski definition) is 2. The van der Waals surface area contributed by atoms with Crippen LogP contribution in [0.1, 0.15) is 32.9 Å². The standard InChI is InChI=1S/C16H23N3O2/c1-11(2)9-16(3,10-17)18-15(20)8-13-12-6-4-5-7-14(12)21-19-13/h4-7,11H,8-10,17H2,1-3H3,(H,18,20). The molecule has 2 rings (SSSR count). The molecule has 2 aromatic rings. The SMILES string of the molecule is CC(C)CC(C)(CN)NC(=O)Cc1noc2ccccc12. The van der Waals surface area contributed by atoms with Crippen molar-refractivity contribution in [1.29, 1.82) is 0 Å². The highest BCUT2D eigenvalue weighted by Gasteiger charge is 2.26. The first-order chi connectivity index (χ1) is 9.93. The summed E-state index contributed by atoms with van der Waals surface area (Å²) in [6.45, 7) is 6.62. The van der Waals surface area contributed by atoms with Gasteiger partial charge in [-0.25, -0.2) is 0 Å². The quantitative estimate of drug-likeness (QED) is 0.854. The molecule has 0 saturated carbocycles. The van der Waals surface area contributed by atoms with Crippen molar-refractivity contribution in [3.05, 3.63) is 30.0 Å². The first-order valence-electron chi connectivity index (χ1n) is 7.28. The molecule has 0 aliphatic rings. The summed E-state index contributed by atoms with van der Waals surface area (Å²) >= 11 is 0. The van der Waals surface area contributed by atoms with Gasteiger partial charge >= 0.3 is 0 Å². The summed E-state index contributed by atoms with van der Waals surface area (Å²) in [6, 6.07) is 7.53. The van der Waals surface area contributed by atoms with Crippen molar-refractivity contribution in [2.75, 3.05) is 6.54 Å². The van der Waals surface area contributed by atoms with Crippen molar-refractivity contribution < 1.29 is 9.32 Å². The Bertz CT molecular complexity index is 621. The molecule has 0 aliphatic heterocycles. The van der Waals surface area contributed by atoms with Gasteiger partial charge in [0.1, 0.15) is 5.69 Å². The van der Waals surface area contributed by atoms with Crippen LogP contribution in [0, 0.1) is 5.92 Å². The number of hydrogen-bond acceptors (Lipinski definition) is 4. The molecule has 114 valence electrons. The van der Waals surface area contributed by atoms with E-state index in [0.717, 1.165) is 11.8 Å². The first kappa shape index (κ1) is 15.5. The summed E-state index contributed by atoms with van der Waals surface area (Å²) in [7, 11) is 0. The highest BCUT2D eigenvalue weighted by Crippen LogP contribution is 2.19. The van der Waals surface area contributed by atoms with Crippen LogP contribution in [0.2, 0.25) is 0 Å². The summed E-state index contributed by atoms with van der Waals surface area (Å²) in [4.78, 5) is 12.3. The van der Waals surface area contributed by atoms with Crippen LogP contribution in [0.25, 0.3) is 11.0 Å². The summed E-state index contributed by atoms with van der Waals surface area (Å²) in [5.41, 5.74) is 6.79. The fourth-order valence-corrected chi connectivity index (χ4v) is 2.68. The topological polar surface area (TPSA) is 81.1 Å². The lowest BCUT2D eigenvalue weighted by molar-refractivity contribution is -0.122. The Morgan fingerprint density at radius 2 is 2.14 bits per heavy atom. The van der Waals surface area contributed by atoms with E-state index in [1.54, 1.807) is 0 Å². The van der Waals surface area contributed by atoms with E-state index in [-0.39, 0.29) is 17.9 Å². The van der Waals surface area contributed by atoms with Crippen molar-refractivity contribution in [3.63, 3.8) is 0 Å². The van der Waals surface area contributed by atoms with Gasteiger partial charge in [-0.2, -0.15) is 0 Å². The van der Waals surface area contributed by atoms with Crippen molar-refractivity contribution in [3.8, 4) is 0 Å². The van der Waals surface area contributed by atoms with Gasteiger partial charge in [-0.15, -0.1) is 0 Å². The van der Waals surface area contributed by atoms with E-state index in [0.29, 0.717) is 23.7 Å². The number of aromatic nitrogens is 1. The smallest absolute Gasteiger partial charge is 0.226 e. The molecule has 1 aromatic heterocycles. The monoisotopic (exact) mass is 289 g/mol. The van der Waals surface area contributed by atoms with Crippen LogP contribution in [0.5, 0.6) is 0 Å². The van der Waals surface area contributed by atoms with Crippen LogP contribution in [0.15, 0.2) is 28.8 Å². The number of amides is 1. The van der Waals surface area contributed by atoms with Crippen LogP contribution >= 0.6 is 0 Å². The van der Waals surface area contributed by atoms with Gasteiger partial charge in [0.25, 0.3) is 0 Å². The molecule has 1 atom stereocenters. The normalized spacial score (nSPS) is 14.3. The van der Waals surface area contributed by atoms with Crippen LogP contribution in [0.4, 0.5) is 0 Å². The molecular formula is C16H23N3O2. The Hall–Kier alpha value is -1.88. The molecular weight excluding hydrogens is 266 g/mol. The lowest BCUT2D eigenvalue weighted by atomic mass is 9.90. The van der Waals surface area contributed by atoms with E-state index in [2.05, 4.69) is 24.3 Å². The lowest BCUT2D eigenvalue weighted by Crippen LogP contribution is -2.52. The van der Waals surface area contributed by atoms with E-state index in [4.69, 9.17) is 10.3 Å². The average molecular weight is 289 g/mol. The van der Waals surface area contributed by atoms with E-state index in [1.807, 2.05) is 31.2 Å². The Labute approximate surface area is 124 Å². The van der Waals surface area contributed by atoms with Gasteiger partial charge in [-0.3, -0.25) is 4.79 Å². The maximum atomic E-state index is 12.3. The number of benzene rings is 1. The predicted octanol–water partition coefficient (Wildman–Crippen LogP) is 2.25. The number of nitrogens with one attached hydrogen (secondary N) is 1. The predicted molar refractivity (Wildman–Crippen MR) is 82.8 cm³/mol. The van der Waals surface area contributed by atoms with Gasteiger partial charge in [-0.05, 0) is 31.4 Å². The third kappa shape index (κ3) is 3.82. The summed E-state index contributed by atoms with van der Waals surface area (Å²) in [5, 5.41) is 7.90. The van der Waals surface area contributed by atoms with Gasteiger partial charge in [0.05, 0.1) is 6.42 Å². The summed E-state index contributed by atoms with van der Waals surface area (Å²) < 4.78 is 5.22. The molecule has 3 N–H and O–H groups in total. The fraction of sp³-hybridized carbons (Fsp3) is 0.500. The molecule has 0 radical (unpaired) electrons. The second-order valence-electron chi connectivity index (χ2n) is 6.21. The molecule has 5 nitrogen and oxygen atoms in total. The zero-order chi connectivity index (χ0) is 15.5. The van der Waals surface area contributed by atoms with E-state index < -0.39 is 0 Å². The summed E-state index contributed by atoms with van der Waals surface area (Å²) in [6.07, 6.45) is 1.04. The van der Waals surface area contributed by atoms with Gasteiger partial charge < -0.3 is 15.6 Å². The van der Waals surface area contributed by atoms with Crippen molar-refractivity contribution in [2.24, 2.45) is 11.7 Å². The maximum Gasteiger partial charge on any atom is 0.226 e. The molecule has 0 saturated heterocycles.